The lowest BCUT2D eigenvalue weighted by Crippen LogP contribution is -2.10. The Balaban J connectivity index is 1.81. The summed E-state index contributed by atoms with van der Waals surface area (Å²) in [5, 5.41) is 6.38. The van der Waals surface area contributed by atoms with Crippen molar-refractivity contribution in [3.63, 3.8) is 0 Å². The van der Waals surface area contributed by atoms with Crippen molar-refractivity contribution >= 4 is 29.1 Å². The number of aryl methyl sites for hydroxylation is 1. The van der Waals surface area contributed by atoms with Crippen LogP contribution in [0.2, 0.25) is 5.02 Å². The third-order valence-corrected chi connectivity index (χ3v) is 4.11. The van der Waals surface area contributed by atoms with Crippen LogP contribution in [0.3, 0.4) is 0 Å². The molecule has 8 heteroatoms. The number of hydrogen-bond acceptors (Lipinski definition) is 4. The van der Waals surface area contributed by atoms with Gasteiger partial charge in [0.1, 0.15) is 5.82 Å². The lowest BCUT2D eigenvalue weighted by atomic mass is 10.1. The molecule has 0 bridgehead atoms. The first-order valence-corrected chi connectivity index (χ1v) is 8.47. The maximum Gasteiger partial charge on any atom is 0.418 e. The van der Waals surface area contributed by atoms with Crippen LogP contribution < -0.4 is 10.6 Å². The molecule has 2 N–H and O–H groups in total. The second kappa shape index (κ2) is 7.84. The molecule has 3 rings (SSSR count). The standard InChI is InChI=1S/C19H16ClF3N4/c1-12-10-17(26-16-9-5-3-7-14(16)19(21,22)23)27-18(25-12)24-11-13-6-2-4-8-15(13)20/h2-10H,11H2,1H3,(H2,24,25,26,27). The highest BCUT2D eigenvalue weighted by Crippen LogP contribution is 2.35. The summed E-state index contributed by atoms with van der Waals surface area (Å²) in [6.45, 7) is 2.13. The lowest BCUT2D eigenvalue weighted by molar-refractivity contribution is -0.136. The van der Waals surface area contributed by atoms with Gasteiger partial charge in [0, 0.05) is 23.3 Å². The number of nitrogens with zero attached hydrogens (tertiary/aromatic N) is 2. The molecule has 0 aliphatic carbocycles. The molecular formula is C19H16ClF3N4. The minimum atomic E-state index is -4.46. The predicted molar refractivity (Wildman–Crippen MR) is 100 cm³/mol. The lowest BCUT2D eigenvalue weighted by Gasteiger charge is -2.15. The summed E-state index contributed by atoms with van der Waals surface area (Å²) in [6, 6.07) is 14.2. The Bertz CT molecular complexity index is 944. The minimum Gasteiger partial charge on any atom is -0.350 e. The number of hydrogen-bond donors (Lipinski definition) is 2. The van der Waals surface area contributed by atoms with Gasteiger partial charge in [-0.3, -0.25) is 0 Å². The molecule has 0 unspecified atom stereocenters. The zero-order valence-electron chi connectivity index (χ0n) is 14.3. The van der Waals surface area contributed by atoms with Crippen molar-refractivity contribution in [1.29, 1.82) is 0 Å². The Kier molecular flexibility index (Phi) is 5.51. The van der Waals surface area contributed by atoms with Crippen molar-refractivity contribution in [3.05, 3.63) is 76.4 Å². The molecule has 0 saturated heterocycles. The Morgan fingerprint density at radius 3 is 2.44 bits per heavy atom. The fraction of sp³-hybridized carbons (Fsp3) is 0.158. The summed E-state index contributed by atoms with van der Waals surface area (Å²) in [4.78, 5) is 8.52. The van der Waals surface area contributed by atoms with E-state index in [-0.39, 0.29) is 11.5 Å². The van der Waals surface area contributed by atoms with E-state index in [1.165, 1.54) is 18.2 Å². The van der Waals surface area contributed by atoms with E-state index < -0.39 is 11.7 Å². The highest BCUT2D eigenvalue weighted by Gasteiger charge is 2.33. The van der Waals surface area contributed by atoms with Crippen LogP contribution in [0.25, 0.3) is 0 Å². The minimum absolute atomic E-state index is 0.0693. The molecule has 140 valence electrons. The quantitative estimate of drug-likeness (QED) is 0.575. The summed E-state index contributed by atoms with van der Waals surface area (Å²) < 4.78 is 39.5. The van der Waals surface area contributed by atoms with E-state index in [4.69, 9.17) is 11.6 Å². The van der Waals surface area contributed by atoms with Gasteiger partial charge in [0.2, 0.25) is 5.95 Å². The van der Waals surface area contributed by atoms with Crippen LogP contribution >= 0.6 is 11.6 Å². The first kappa shape index (κ1) is 19.0. The second-order valence-electron chi connectivity index (χ2n) is 5.83. The fourth-order valence-corrected chi connectivity index (χ4v) is 2.71. The number of nitrogens with one attached hydrogen (secondary N) is 2. The molecule has 0 aliphatic rings. The molecule has 0 spiro atoms. The van der Waals surface area contributed by atoms with Gasteiger partial charge in [0.15, 0.2) is 0 Å². The van der Waals surface area contributed by atoms with E-state index in [0.717, 1.165) is 11.6 Å². The molecule has 0 atom stereocenters. The van der Waals surface area contributed by atoms with Gasteiger partial charge >= 0.3 is 6.18 Å². The maximum atomic E-state index is 13.2. The van der Waals surface area contributed by atoms with E-state index >= 15 is 0 Å². The fourth-order valence-electron chi connectivity index (χ4n) is 2.50. The highest BCUT2D eigenvalue weighted by atomic mass is 35.5. The molecule has 4 nitrogen and oxygen atoms in total. The van der Waals surface area contributed by atoms with Crippen LogP contribution in [0.5, 0.6) is 0 Å². The third-order valence-electron chi connectivity index (χ3n) is 3.74. The maximum absolute atomic E-state index is 13.2. The molecule has 0 aliphatic heterocycles. The summed E-state index contributed by atoms with van der Waals surface area (Å²) in [5.41, 5.74) is 0.645. The molecule has 1 aromatic heterocycles. The van der Waals surface area contributed by atoms with Crippen molar-refractivity contribution < 1.29 is 13.2 Å². The Morgan fingerprint density at radius 2 is 1.70 bits per heavy atom. The van der Waals surface area contributed by atoms with Gasteiger partial charge < -0.3 is 10.6 Å². The predicted octanol–water partition coefficient (Wildman–Crippen LogP) is 5.81. The molecule has 0 fully saturated rings. The largest absolute Gasteiger partial charge is 0.418 e. The number of benzene rings is 2. The first-order valence-electron chi connectivity index (χ1n) is 8.09. The van der Waals surface area contributed by atoms with Gasteiger partial charge in [-0.15, -0.1) is 0 Å². The normalized spacial score (nSPS) is 11.3. The number of alkyl halides is 3. The molecule has 0 saturated carbocycles. The summed E-state index contributed by atoms with van der Waals surface area (Å²) in [7, 11) is 0. The molecule has 27 heavy (non-hydrogen) atoms. The summed E-state index contributed by atoms with van der Waals surface area (Å²) >= 11 is 6.12. The second-order valence-corrected chi connectivity index (χ2v) is 6.24. The van der Waals surface area contributed by atoms with E-state index in [0.29, 0.717) is 23.2 Å². The zero-order valence-corrected chi connectivity index (χ0v) is 15.1. The van der Waals surface area contributed by atoms with Crippen LogP contribution in [0.4, 0.5) is 30.6 Å². The summed E-state index contributed by atoms with van der Waals surface area (Å²) in [5.74, 6) is 0.558. The van der Waals surface area contributed by atoms with Crippen LogP contribution in [-0.2, 0) is 12.7 Å². The van der Waals surface area contributed by atoms with E-state index in [2.05, 4.69) is 20.6 Å². The molecule has 0 radical (unpaired) electrons. The number of anilines is 3. The van der Waals surface area contributed by atoms with Crippen molar-refractivity contribution in [2.45, 2.75) is 19.6 Å². The Hall–Kier alpha value is -2.80. The summed E-state index contributed by atoms with van der Waals surface area (Å²) in [6.07, 6.45) is -4.46. The van der Waals surface area contributed by atoms with Crippen LogP contribution in [0.15, 0.2) is 54.6 Å². The van der Waals surface area contributed by atoms with Crippen molar-refractivity contribution in [2.24, 2.45) is 0 Å². The van der Waals surface area contributed by atoms with Gasteiger partial charge in [0.25, 0.3) is 0 Å². The first-order chi connectivity index (χ1) is 12.8. The average molecular weight is 393 g/mol. The molecule has 3 aromatic rings. The number of rotatable bonds is 5. The van der Waals surface area contributed by atoms with Gasteiger partial charge in [-0.2, -0.15) is 18.2 Å². The SMILES string of the molecule is Cc1cc(Nc2ccccc2C(F)(F)F)nc(NCc2ccccc2Cl)n1. The average Bonchev–Trinajstić information content (AvgIpc) is 2.60. The monoisotopic (exact) mass is 392 g/mol. The van der Waals surface area contributed by atoms with E-state index in [1.807, 2.05) is 18.2 Å². The van der Waals surface area contributed by atoms with E-state index in [9.17, 15) is 13.2 Å². The zero-order chi connectivity index (χ0) is 19.4. The molecular weight excluding hydrogens is 377 g/mol. The topological polar surface area (TPSA) is 49.8 Å². The molecule has 1 heterocycles. The van der Waals surface area contributed by atoms with Crippen molar-refractivity contribution in [1.82, 2.24) is 9.97 Å². The number of halogens is 4. The molecule has 0 amide bonds. The van der Waals surface area contributed by atoms with Gasteiger partial charge in [-0.25, -0.2) is 4.98 Å². The van der Waals surface area contributed by atoms with Crippen molar-refractivity contribution in [3.8, 4) is 0 Å². The smallest absolute Gasteiger partial charge is 0.350 e. The van der Waals surface area contributed by atoms with Crippen LogP contribution in [0.1, 0.15) is 16.8 Å². The van der Waals surface area contributed by atoms with Crippen LogP contribution in [-0.4, -0.2) is 9.97 Å². The van der Waals surface area contributed by atoms with Gasteiger partial charge in [-0.1, -0.05) is 41.9 Å². The number of aromatic nitrogens is 2. The Labute approximate surface area is 159 Å². The number of para-hydroxylation sites is 1. The molecule has 2 aromatic carbocycles. The van der Waals surface area contributed by atoms with Gasteiger partial charge in [0.05, 0.1) is 11.3 Å². The highest BCUT2D eigenvalue weighted by molar-refractivity contribution is 6.31. The van der Waals surface area contributed by atoms with Crippen LogP contribution in [0, 0.1) is 6.92 Å². The van der Waals surface area contributed by atoms with Crippen molar-refractivity contribution in [2.75, 3.05) is 10.6 Å². The third kappa shape index (κ3) is 4.89. The Morgan fingerprint density at radius 1 is 1.00 bits per heavy atom. The van der Waals surface area contributed by atoms with E-state index in [1.54, 1.807) is 19.1 Å². The van der Waals surface area contributed by atoms with Gasteiger partial charge in [-0.05, 0) is 30.7 Å².